The summed E-state index contributed by atoms with van der Waals surface area (Å²) in [5.74, 6) is 2.29. The van der Waals surface area contributed by atoms with Gasteiger partial charge in [0.15, 0.2) is 5.96 Å². The summed E-state index contributed by atoms with van der Waals surface area (Å²) in [5, 5.41) is 6.44. The predicted molar refractivity (Wildman–Crippen MR) is 98.5 cm³/mol. The molecular formula is C15H24IN5O. The van der Waals surface area contributed by atoms with E-state index >= 15 is 0 Å². The molecule has 0 radical (unpaired) electrons. The van der Waals surface area contributed by atoms with Crippen LogP contribution in [0.15, 0.2) is 27.9 Å². The molecule has 0 aromatic carbocycles. The number of nitrogens with zero attached hydrogens (tertiary/aromatic N) is 3. The topological polar surface area (TPSA) is 67.4 Å². The van der Waals surface area contributed by atoms with Crippen molar-refractivity contribution >= 4 is 29.9 Å². The molecule has 0 spiro atoms. The summed E-state index contributed by atoms with van der Waals surface area (Å²) in [6.07, 6.45) is 4.08. The fourth-order valence-corrected chi connectivity index (χ4v) is 1.94. The van der Waals surface area contributed by atoms with E-state index in [1.165, 1.54) is 5.56 Å². The maximum atomic E-state index is 5.55. The summed E-state index contributed by atoms with van der Waals surface area (Å²) in [6, 6.07) is 2.06. The Hall–Kier alpha value is -1.51. The second kappa shape index (κ2) is 8.82. The molecular weight excluding hydrogens is 393 g/mol. The van der Waals surface area contributed by atoms with Crippen molar-refractivity contribution in [2.75, 3.05) is 6.54 Å². The third kappa shape index (κ3) is 5.36. The molecule has 0 fully saturated rings. The van der Waals surface area contributed by atoms with Gasteiger partial charge in [-0.3, -0.25) is 0 Å². The quantitative estimate of drug-likeness (QED) is 0.446. The van der Waals surface area contributed by atoms with Crippen LogP contribution in [0.25, 0.3) is 0 Å². The van der Waals surface area contributed by atoms with Crippen LogP contribution in [0.1, 0.15) is 29.8 Å². The molecule has 6 nitrogen and oxygen atoms in total. The summed E-state index contributed by atoms with van der Waals surface area (Å²) in [6.45, 7) is 7.87. The molecule has 0 saturated heterocycles. The molecule has 7 heteroatoms. The number of hydrogen-bond donors (Lipinski definition) is 2. The largest absolute Gasteiger partial charge is 0.444 e. The molecule has 2 aromatic heterocycles. The van der Waals surface area contributed by atoms with E-state index in [9.17, 15) is 0 Å². The summed E-state index contributed by atoms with van der Waals surface area (Å²) in [5.41, 5.74) is 2.11. The Labute approximate surface area is 148 Å². The van der Waals surface area contributed by atoms with E-state index in [4.69, 9.17) is 4.42 Å². The predicted octanol–water partition coefficient (Wildman–Crippen LogP) is 2.50. The number of nitrogens with one attached hydrogen (secondary N) is 2. The summed E-state index contributed by atoms with van der Waals surface area (Å²) < 4.78 is 7.57. The van der Waals surface area contributed by atoms with Gasteiger partial charge in [0.1, 0.15) is 5.76 Å². The van der Waals surface area contributed by atoms with E-state index < -0.39 is 0 Å². The van der Waals surface area contributed by atoms with E-state index in [-0.39, 0.29) is 24.0 Å². The number of aromatic nitrogens is 2. The molecule has 122 valence electrons. The third-order valence-corrected chi connectivity index (χ3v) is 3.14. The Bertz CT molecular complexity index is 598. The van der Waals surface area contributed by atoms with E-state index in [1.807, 2.05) is 38.6 Å². The number of hydrogen-bond acceptors (Lipinski definition) is 3. The minimum atomic E-state index is 0. The average Bonchev–Trinajstić information content (AvgIpc) is 3.00. The van der Waals surface area contributed by atoms with Crippen LogP contribution < -0.4 is 10.6 Å². The number of oxazole rings is 1. The number of aryl methyl sites for hydroxylation is 3. The Morgan fingerprint density at radius 3 is 2.68 bits per heavy atom. The number of guanidine groups is 1. The lowest BCUT2D eigenvalue weighted by molar-refractivity contribution is 0.463. The van der Waals surface area contributed by atoms with Crippen molar-refractivity contribution in [1.29, 1.82) is 0 Å². The maximum absolute atomic E-state index is 5.55. The second-order valence-corrected chi connectivity index (χ2v) is 4.98. The van der Waals surface area contributed by atoms with Crippen molar-refractivity contribution in [3.8, 4) is 0 Å². The van der Waals surface area contributed by atoms with Crippen LogP contribution in [-0.4, -0.2) is 22.1 Å². The highest BCUT2D eigenvalue weighted by Gasteiger charge is 2.06. The average molecular weight is 417 g/mol. The zero-order chi connectivity index (χ0) is 15.2. The van der Waals surface area contributed by atoms with Gasteiger partial charge >= 0.3 is 0 Å². The molecule has 2 N–H and O–H groups in total. The molecule has 2 heterocycles. The van der Waals surface area contributed by atoms with Crippen LogP contribution >= 0.6 is 24.0 Å². The Morgan fingerprint density at radius 2 is 2.14 bits per heavy atom. The Morgan fingerprint density at radius 1 is 1.36 bits per heavy atom. The van der Waals surface area contributed by atoms with E-state index in [2.05, 4.69) is 32.9 Å². The number of aliphatic imine (C=N–C) groups is 1. The summed E-state index contributed by atoms with van der Waals surface area (Å²) in [7, 11) is 2.00. The van der Waals surface area contributed by atoms with Crippen molar-refractivity contribution in [1.82, 2.24) is 20.2 Å². The molecule has 0 amide bonds. The molecule has 0 aliphatic carbocycles. The van der Waals surface area contributed by atoms with Crippen LogP contribution in [0.5, 0.6) is 0 Å². The lowest BCUT2D eigenvalue weighted by Gasteiger charge is -2.09. The monoisotopic (exact) mass is 417 g/mol. The lowest BCUT2D eigenvalue weighted by atomic mass is 10.3. The molecule has 2 aromatic rings. The van der Waals surface area contributed by atoms with Crippen molar-refractivity contribution in [2.24, 2.45) is 12.0 Å². The van der Waals surface area contributed by atoms with Gasteiger partial charge in [0.25, 0.3) is 0 Å². The van der Waals surface area contributed by atoms with Gasteiger partial charge in [-0.05, 0) is 32.4 Å². The fraction of sp³-hybridized carbons (Fsp3) is 0.467. The number of rotatable bonds is 5. The lowest BCUT2D eigenvalue weighted by Crippen LogP contribution is -2.36. The highest BCUT2D eigenvalue weighted by molar-refractivity contribution is 14.0. The Kier molecular flexibility index (Phi) is 7.43. The van der Waals surface area contributed by atoms with E-state index in [1.54, 1.807) is 0 Å². The van der Waals surface area contributed by atoms with Gasteiger partial charge in [-0.15, -0.1) is 24.0 Å². The molecule has 0 atom stereocenters. The van der Waals surface area contributed by atoms with Gasteiger partial charge < -0.3 is 19.6 Å². The van der Waals surface area contributed by atoms with Gasteiger partial charge in [0, 0.05) is 26.0 Å². The molecule has 0 aliphatic heterocycles. The first-order valence-corrected chi connectivity index (χ1v) is 7.14. The highest BCUT2D eigenvalue weighted by atomic mass is 127. The highest BCUT2D eigenvalue weighted by Crippen LogP contribution is 2.07. The van der Waals surface area contributed by atoms with Crippen LogP contribution in [0.4, 0.5) is 0 Å². The number of halogens is 1. The molecule has 0 bridgehead atoms. The molecule has 0 unspecified atom stereocenters. The van der Waals surface area contributed by atoms with Crippen molar-refractivity contribution in [3.63, 3.8) is 0 Å². The summed E-state index contributed by atoms with van der Waals surface area (Å²) in [4.78, 5) is 8.90. The van der Waals surface area contributed by atoms with Gasteiger partial charge in [-0.1, -0.05) is 0 Å². The first kappa shape index (κ1) is 18.5. The van der Waals surface area contributed by atoms with Crippen LogP contribution in [0.2, 0.25) is 0 Å². The minimum absolute atomic E-state index is 0. The molecule has 0 aliphatic rings. The smallest absolute Gasteiger partial charge is 0.214 e. The van der Waals surface area contributed by atoms with Gasteiger partial charge in [-0.2, -0.15) is 0 Å². The standard InChI is InChI=1S/C15H23N5O.HI/c1-5-16-15(17-8-13-6-7-20(4)10-13)18-9-14-19-11(2)12(3)21-14;/h6-7,10H,5,8-9H2,1-4H3,(H2,16,17,18);1H. The zero-order valence-electron chi connectivity index (χ0n) is 13.5. The van der Waals surface area contributed by atoms with Crippen LogP contribution in [-0.2, 0) is 20.1 Å². The van der Waals surface area contributed by atoms with Crippen molar-refractivity contribution in [2.45, 2.75) is 33.9 Å². The maximum Gasteiger partial charge on any atom is 0.214 e. The molecule has 0 saturated carbocycles. The first-order chi connectivity index (χ1) is 10.1. The minimum Gasteiger partial charge on any atom is -0.444 e. The van der Waals surface area contributed by atoms with Gasteiger partial charge in [0.05, 0.1) is 18.8 Å². The van der Waals surface area contributed by atoms with Gasteiger partial charge in [-0.25, -0.2) is 9.98 Å². The van der Waals surface area contributed by atoms with Crippen LogP contribution in [0, 0.1) is 13.8 Å². The SMILES string of the molecule is CCNC(=NCc1ccn(C)c1)NCc1nc(C)c(C)o1.I. The Balaban J connectivity index is 0.00000242. The van der Waals surface area contributed by atoms with Gasteiger partial charge in [0.2, 0.25) is 5.89 Å². The molecule has 2 rings (SSSR count). The third-order valence-electron chi connectivity index (χ3n) is 3.14. The van der Waals surface area contributed by atoms with E-state index in [0.717, 1.165) is 24.0 Å². The zero-order valence-corrected chi connectivity index (χ0v) is 15.8. The second-order valence-electron chi connectivity index (χ2n) is 4.98. The van der Waals surface area contributed by atoms with Crippen LogP contribution in [0.3, 0.4) is 0 Å². The van der Waals surface area contributed by atoms with E-state index in [0.29, 0.717) is 19.0 Å². The van der Waals surface area contributed by atoms with Crippen molar-refractivity contribution in [3.05, 3.63) is 41.4 Å². The normalized spacial score (nSPS) is 11.2. The molecule has 22 heavy (non-hydrogen) atoms. The fourth-order valence-electron chi connectivity index (χ4n) is 1.94. The first-order valence-electron chi connectivity index (χ1n) is 7.14. The van der Waals surface area contributed by atoms with Crippen molar-refractivity contribution < 1.29 is 4.42 Å². The summed E-state index contributed by atoms with van der Waals surface area (Å²) >= 11 is 0.